The first-order chi connectivity index (χ1) is 7.83. The van der Waals surface area contributed by atoms with Gasteiger partial charge in [0.1, 0.15) is 5.82 Å². The lowest BCUT2D eigenvalue weighted by molar-refractivity contribution is 0.392. The summed E-state index contributed by atoms with van der Waals surface area (Å²) in [7, 11) is 1.63. The van der Waals surface area contributed by atoms with E-state index in [0.717, 1.165) is 37.2 Å². The van der Waals surface area contributed by atoms with Gasteiger partial charge in [0.15, 0.2) is 5.16 Å². The van der Waals surface area contributed by atoms with Gasteiger partial charge < -0.3 is 15.0 Å². The number of ether oxygens (including phenoxy) is 1. The van der Waals surface area contributed by atoms with Gasteiger partial charge in [0.2, 0.25) is 5.88 Å². The molecule has 1 aromatic heterocycles. The van der Waals surface area contributed by atoms with Gasteiger partial charge in [-0.25, -0.2) is 4.98 Å². The highest BCUT2D eigenvalue weighted by molar-refractivity contribution is 7.98. The summed E-state index contributed by atoms with van der Waals surface area (Å²) < 4.78 is 5.18. The Labute approximate surface area is 112 Å². The van der Waals surface area contributed by atoms with Crippen molar-refractivity contribution in [3.8, 4) is 5.88 Å². The van der Waals surface area contributed by atoms with Crippen molar-refractivity contribution in [3.05, 3.63) is 6.07 Å². The van der Waals surface area contributed by atoms with Crippen LogP contribution >= 0.6 is 24.2 Å². The van der Waals surface area contributed by atoms with Crippen LogP contribution in [-0.4, -0.2) is 49.5 Å². The number of methoxy groups -OCH3 is 1. The fourth-order valence-corrected chi connectivity index (χ4v) is 2.01. The largest absolute Gasteiger partial charge is 0.481 e. The molecule has 96 valence electrons. The molecule has 1 aliphatic rings. The molecule has 0 aliphatic carbocycles. The Kier molecular flexibility index (Phi) is 5.80. The lowest BCUT2D eigenvalue weighted by Crippen LogP contribution is -2.43. The second kappa shape index (κ2) is 6.88. The predicted molar refractivity (Wildman–Crippen MR) is 72.7 cm³/mol. The third kappa shape index (κ3) is 3.62. The van der Waals surface area contributed by atoms with Gasteiger partial charge >= 0.3 is 0 Å². The minimum absolute atomic E-state index is 0. The number of thioether (sulfide) groups is 1. The maximum Gasteiger partial charge on any atom is 0.219 e. The summed E-state index contributed by atoms with van der Waals surface area (Å²) in [5.41, 5.74) is 0. The molecular formula is C10H17ClN4OS. The quantitative estimate of drug-likeness (QED) is 0.658. The minimum atomic E-state index is 0. The van der Waals surface area contributed by atoms with Crippen LogP contribution in [-0.2, 0) is 0 Å². The molecule has 2 rings (SSSR count). The van der Waals surface area contributed by atoms with Gasteiger partial charge in [-0.15, -0.1) is 12.4 Å². The Morgan fingerprint density at radius 1 is 1.35 bits per heavy atom. The highest BCUT2D eigenvalue weighted by atomic mass is 35.5. The van der Waals surface area contributed by atoms with Crippen LogP contribution in [0.25, 0.3) is 0 Å². The molecule has 0 bridgehead atoms. The van der Waals surface area contributed by atoms with Gasteiger partial charge in [0.25, 0.3) is 0 Å². The third-order valence-electron chi connectivity index (χ3n) is 2.50. The van der Waals surface area contributed by atoms with E-state index < -0.39 is 0 Å². The summed E-state index contributed by atoms with van der Waals surface area (Å²) in [6.45, 7) is 3.96. The third-order valence-corrected chi connectivity index (χ3v) is 3.05. The molecule has 5 nitrogen and oxygen atoms in total. The number of piperazine rings is 1. The van der Waals surface area contributed by atoms with E-state index in [-0.39, 0.29) is 12.4 Å². The van der Waals surface area contributed by atoms with E-state index >= 15 is 0 Å². The maximum absolute atomic E-state index is 5.18. The second-order valence-electron chi connectivity index (χ2n) is 3.49. The summed E-state index contributed by atoms with van der Waals surface area (Å²) >= 11 is 1.53. The number of anilines is 1. The Bertz CT molecular complexity index is 338. The summed E-state index contributed by atoms with van der Waals surface area (Å²) in [5, 5.41) is 4.08. The Hall–Kier alpha value is -0.720. The van der Waals surface area contributed by atoms with Crippen LogP contribution in [0.4, 0.5) is 5.82 Å². The molecule has 0 radical (unpaired) electrons. The zero-order chi connectivity index (χ0) is 11.4. The molecule has 1 aromatic rings. The topological polar surface area (TPSA) is 50.3 Å². The highest BCUT2D eigenvalue weighted by Gasteiger charge is 2.14. The molecule has 7 heteroatoms. The van der Waals surface area contributed by atoms with Crippen molar-refractivity contribution in [1.29, 1.82) is 0 Å². The van der Waals surface area contributed by atoms with Gasteiger partial charge in [0, 0.05) is 32.2 Å². The van der Waals surface area contributed by atoms with Crippen molar-refractivity contribution < 1.29 is 4.74 Å². The number of rotatable bonds is 3. The van der Waals surface area contributed by atoms with Gasteiger partial charge in [0.05, 0.1) is 7.11 Å². The van der Waals surface area contributed by atoms with E-state index in [1.807, 2.05) is 12.3 Å². The Morgan fingerprint density at radius 3 is 2.65 bits per heavy atom. The van der Waals surface area contributed by atoms with Crippen LogP contribution in [0.2, 0.25) is 0 Å². The average Bonchev–Trinajstić information content (AvgIpc) is 2.39. The molecule has 0 spiro atoms. The molecule has 0 unspecified atom stereocenters. The minimum Gasteiger partial charge on any atom is -0.481 e. The first-order valence-electron chi connectivity index (χ1n) is 5.26. The summed E-state index contributed by atoms with van der Waals surface area (Å²) in [4.78, 5) is 11.0. The molecule has 0 amide bonds. The fraction of sp³-hybridized carbons (Fsp3) is 0.600. The lowest BCUT2D eigenvalue weighted by atomic mass is 10.3. The van der Waals surface area contributed by atoms with Gasteiger partial charge in [-0.3, -0.25) is 0 Å². The van der Waals surface area contributed by atoms with Gasteiger partial charge in [-0.2, -0.15) is 4.98 Å². The first kappa shape index (κ1) is 14.3. The normalized spacial score (nSPS) is 15.3. The highest BCUT2D eigenvalue weighted by Crippen LogP contribution is 2.21. The van der Waals surface area contributed by atoms with Crippen LogP contribution in [0.15, 0.2) is 11.2 Å². The van der Waals surface area contributed by atoms with Crippen molar-refractivity contribution in [1.82, 2.24) is 15.3 Å². The van der Waals surface area contributed by atoms with Crippen LogP contribution in [0.3, 0.4) is 0 Å². The number of nitrogens with one attached hydrogen (secondary N) is 1. The fourth-order valence-electron chi connectivity index (χ4n) is 1.64. The standard InChI is InChI=1S/C10H16N4OS.ClH/c1-15-9-7-8(12-10(13-9)16-2)14-5-3-11-4-6-14;/h7,11H,3-6H2,1-2H3;1H. The van der Waals surface area contributed by atoms with E-state index in [2.05, 4.69) is 20.2 Å². The van der Waals surface area contributed by atoms with Crippen molar-refractivity contribution in [2.75, 3.05) is 44.4 Å². The molecular weight excluding hydrogens is 260 g/mol. The maximum atomic E-state index is 5.18. The van der Waals surface area contributed by atoms with Crippen molar-refractivity contribution in [3.63, 3.8) is 0 Å². The Balaban J connectivity index is 0.00000144. The van der Waals surface area contributed by atoms with Crippen LogP contribution in [0.5, 0.6) is 5.88 Å². The van der Waals surface area contributed by atoms with E-state index in [0.29, 0.717) is 5.88 Å². The summed E-state index contributed by atoms with van der Waals surface area (Å²) in [6, 6.07) is 1.89. The summed E-state index contributed by atoms with van der Waals surface area (Å²) in [6.07, 6.45) is 1.97. The van der Waals surface area contributed by atoms with Gasteiger partial charge in [-0.1, -0.05) is 11.8 Å². The monoisotopic (exact) mass is 276 g/mol. The number of hydrogen-bond donors (Lipinski definition) is 1. The summed E-state index contributed by atoms with van der Waals surface area (Å²) in [5.74, 6) is 1.59. The van der Waals surface area contributed by atoms with Crippen LogP contribution < -0.4 is 15.0 Å². The molecule has 1 N–H and O–H groups in total. The molecule has 0 aromatic carbocycles. The van der Waals surface area contributed by atoms with Crippen LogP contribution in [0, 0.1) is 0 Å². The van der Waals surface area contributed by atoms with E-state index in [1.54, 1.807) is 7.11 Å². The molecule has 1 fully saturated rings. The number of hydrogen-bond acceptors (Lipinski definition) is 6. The molecule has 17 heavy (non-hydrogen) atoms. The zero-order valence-corrected chi connectivity index (χ0v) is 11.6. The van der Waals surface area contributed by atoms with Crippen molar-refractivity contribution >= 4 is 30.0 Å². The molecule has 1 saturated heterocycles. The number of halogens is 1. The molecule has 0 atom stereocenters. The smallest absolute Gasteiger partial charge is 0.219 e. The van der Waals surface area contributed by atoms with Crippen molar-refractivity contribution in [2.24, 2.45) is 0 Å². The lowest BCUT2D eigenvalue weighted by Gasteiger charge is -2.28. The number of nitrogens with zero attached hydrogens (tertiary/aromatic N) is 3. The van der Waals surface area contributed by atoms with E-state index in [9.17, 15) is 0 Å². The Morgan fingerprint density at radius 2 is 2.06 bits per heavy atom. The van der Waals surface area contributed by atoms with E-state index in [4.69, 9.17) is 4.74 Å². The first-order valence-corrected chi connectivity index (χ1v) is 6.48. The molecule has 1 aliphatic heterocycles. The van der Waals surface area contributed by atoms with Gasteiger partial charge in [-0.05, 0) is 6.26 Å². The van der Waals surface area contributed by atoms with E-state index in [1.165, 1.54) is 11.8 Å². The molecule has 0 saturated carbocycles. The second-order valence-corrected chi connectivity index (χ2v) is 4.27. The SMILES string of the molecule is COc1cc(N2CCNCC2)nc(SC)n1.Cl. The zero-order valence-electron chi connectivity index (χ0n) is 9.97. The molecule has 2 heterocycles. The van der Waals surface area contributed by atoms with Crippen molar-refractivity contribution in [2.45, 2.75) is 5.16 Å². The average molecular weight is 277 g/mol. The predicted octanol–water partition coefficient (Wildman–Crippen LogP) is 1.04. The number of aromatic nitrogens is 2. The van der Waals surface area contributed by atoms with Crippen LogP contribution in [0.1, 0.15) is 0 Å².